The van der Waals surface area contributed by atoms with Crippen molar-refractivity contribution in [1.29, 1.82) is 0 Å². The molecule has 3 aromatic rings. The Labute approximate surface area is 163 Å². The van der Waals surface area contributed by atoms with Gasteiger partial charge in [0, 0.05) is 24.9 Å². The summed E-state index contributed by atoms with van der Waals surface area (Å²) in [5.41, 5.74) is 2.31. The molecular weight excluding hydrogens is 391 g/mol. The van der Waals surface area contributed by atoms with E-state index < -0.39 is 12.1 Å². The molecular formula is C18H18F3N5O3. The standard InChI is InChI=1S/C18H18F3N5O3/c1-11-9-14(16(27)22-7-8-28-2)24-26(11)10-12-3-5-13(6-4-12)15-23-17(29-25-15)18(19,20)21/h3-6,9H,7-8,10H2,1-2H3,(H,22,27). The van der Waals surface area contributed by atoms with Crippen LogP contribution in [0.2, 0.25) is 0 Å². The molecule has 154 valence electrons. The van der Waals surface area contributed by atoms with Gasteiger partial charge in [0.25, 0.3) is 5.91 Å². The van der Waals surface area contributed by atoms with Gasteiger partial charge >= 0.3 is 12.1 Å². The Morgan fingerprint density at radius 1 is 1.28 bits per heavy atom. The first-order chi connectivity index (χ1) is 13.8. The van der Waals surface area contributed by atoms with Crippen LogP contribution in [0.4, 0.5) is 13.2 Å². The molecule has 1 N–H and O–H groups in total. The Morgan fingerprint density at radius 2 is 2.00 bits per heavy atom. The number of carbonyl (C=O) groups excluding carboxylic acids is 1. The van der Waals surface area contributed by atoms with E-state index in [0.29, 0.717) is 31.0 Å². The van der Waals surface area contributed by atoms with Crippen LogP contribution in [-0.4, -0.2) is 46.1 Å². The predicted octanol–water partition coefficient (Wildman–Crippen LogP) is 2.68. The molecule has 11 heteroatoms. The van der Waals surface area contributed by atoms with E-state index in [-0.39, 0.29) is 11.7 Å². The highest BCUT2D eigenvalue weighted by Crippen LogP contribution is 2.29. The molecule has 1 amide bonds. The minimum Gasteiger partial charge on any atom is -0.383 e. The van der Waals surface area contributed by atoms with Crippen molar-refractivity contribution in [3.8, 4) is 11.4 Å². The highest BCUT2D eigenvalue weighted by molar-refractivity contribution is 5.92. The average molecular weight is 409 g/mol. The molecule has 8 nitrogen and oxygen atoms in total. The molecule has 0 radical (unpaired) electrons. The van der Waals surface area contributed by atoms with Crippen molar-refractivity contribution in [2.45, 2.75) is 19.6 Å². The second-order valence-electron chi connectivity index (χ2n) is 6.20. The van der Waals surface area contributed by atoms with Crippen LogP contribution in [0.1, 0.15) is 27.6 Å². The van der Waals surface area contributed by atoms with E-state index in [9.17, 15) is 18.0 Å². The number of nitrogens with one attached hydrogen (secondary N) is 1. The quantitative estimate of drug-likeness (QED) is 0.603. The van der Waals surface area contributed by atoms with E-state index in [1.165, 1.54) is 0 Å². The number of nitrogens with zero attached hydrogens (tertiary/aromatic N) is 4. The Hall–Kier alpha value is -3.21. The van der Waals surface area contributed by atoms with E-state index in [2.05, 4.69) is 25.1 Å². The number of aryl methyl sites for hydroxylation is 1. The summed E-state index contributed by atoms with van der Waals surface area (Å²) in [6.07, 6.45) is -4.68. The summed E-state index contributed by atoms with van der Waals surface area (Å²) in [4.78, 5) is 15.4. The van der Waals surface area contributed by atoms with E-state index in [0.717, 1.165) is 11.3 Å². The van der Waals surface area contributed by atoms with E-state index in [4.69, 9.17) is 4.74 Å². The van der Waals surface area contributed by atoms with Gasteiger partial charge in [0.15, 0.2) is 0 Å². The Balaban J connectivity index is 1.68. The van der Waals surface area contributed by atoms with Gasteiger partial charge in [0.1, 0.15) is 5.69 Å². The minimum absolute atomic E-state index is 0.144. The Morgan fingerprint density at radius 3 is 2.62 bits per heavy atom. The number of ether oxygens (including phenoxy) is 1. The zero-order valence-corrected chi connectivity index (χ0v) is 15.7. The summed E-state index contributed by atoms with van der Waals surface area (Å²) in [5, 5.41) is 10.4. The maximum absolute atomic E-state index is 12.6. The highest BCUT2D eigenvalue weighted by atomic mass is 19.4. The third-order valence-electron chi connectivity index (χ3n) is 4.02. The summed E-state index contributed by atoms with van der Waals surface area (Å²) in [7, 11) is 1.55. The molecule has 2 heterocycles. The summed E-state index contributed by atoms with van der Waals surface area (Å²) in [6.45, 7) is 3.00. The van der Waals surface area contributed by atoms with Gasteiger partial charge < -0.3 is 14.6 Å². The lowest BCUT2D eigenvalue weighted by Crippen LogP contribution is -2.27. The number of amides is 1. The van der Waals surface area contributed by atoms with Gasteiger partial charge in [-0.1, -0.05) is 29.4 Å². The Kier molecular flexibility index (Phi) is 5.97. The molecule has 29 heavy (non-hydrogen) atoms. The second-order valence-corrected chi connectivity index (χ2v) is 6.20. The fourth-order valence-electron chi connectivity index (χ4n) is 2.53. The third kappa shape index (κ3) is 4.99. The van der Waals surface area contributed by atoms with Gasteiger partial charge in [-0.15, -0.1) is 0 Å². The molecule has 2 aromatic heterocycles. The number of carbonyl (C=O) groups is 1. The number of hydrogen-bond acceptors (Lipinski definition) is 6. The predicted molar refractivity (Wildman–Crippen MR) is 95.0 cm³/mol. The van der Waals surface area contributed by atoms with Crippen molar-refractivity contribution in [3.05, 3.63) is 53.2 Å². The third-order valence-corrected chi connectivity index (χ3v) is 4.02. The molecule has 0 unspecified atom stereocenters. The van der Waals surface area contributed by atoms with Crippen LogP contribution in [0.3, 0.4) is 0 Å². The number of hydrogen-bond donors (Lipinski definition) is 1. The number of alkyl halides is 3. The van der Waals surface area contributed by atoms with Gasteiger partial charge in [-0.25, -0.2) is 0 Å². The molecule has 0 bridgehead atoms. The lowest BCUT2D eigenvalue weighted by atomic mass is 10.1. The van der Waals surface area contributed by atoms with Crippen molar-refractivity contribution in [3.63, 3.8) is 0 Å². The number of methoxy groups -OCH3 is 1. The summed E-state index contributed by atoms with van der Waals surface area (Å²) < 4.78 is 48.5. The number of benzene rings is 1. The molecule has 0 saturated heterocycles. The van der Waals surface area contributed by atoms with Crippen LogP contribution in [0.5, 0.6) is 0 Å². The smallest absolute Gasteiger partial charge is 0.383 e. The van der Waals surface area contributed by atoms with Crippen molar-refractivity contribution in [2.75, 3.05) is 20.3 Å². The zero-order valence-electron chi connectivity index (χ0n) is 15.7. The normalized spacial score (nSPS) is 11.6. The first-order valence-electron chi connectivity index (χ1n) is 8.59. The Bertz CT molecular complexity index is 980. The van der Waals surface area contributed by atoms with Gasteiger partial charge in [-0.2, -0.15) is 23.3 Å². The monoisotopic (exact) mass is 409 g/mol. The van der Waals surface area contributed by atoms with Crippen molar-refractivity contribution in [1.82, 2.24) is 25.2 Å². The molecule has 1 aromatic carbocycles. The molecule has 0 aliphatic carbocycles. The highest BCUT2D eigenvalue weighted by Gasteiger charge is 2.38. The van der Waals surface area contributed by atoms with Gasteiger partial charge in [0.2, 0.25) is 5.82 Å². The topological polar surface area (TPSA) is 95.1 Å². The van der Waals surface area contributed by atoms with Crippen LogP contribution >= 0.6 is 0 Å². The molecule has 3 rings (SSSR count). The first-order valence-corrected chi connectivity index (χ1v) is 8.59. The van der Waals surface area contributed by atoms with Crippen LogP contribution in [0.25, 0.3) is 11.4 Å². The van der Waals surface area contributed by atoms with Gasteiger partial charge in [-0.05, 0) is 18.6 Å². The summed E-state index contributed by atoms with van der Waals surface area (Å²) in [5.74, 6) is -1.83. The molecule has 0 aliphatic heterocycles. The van der Waals surface area contributed by atoms with Crippen LogP contribution in [0.15, 0.2) is 34.9 Å². The maximum Gasteiger partial charge on any atom is 0.471 e. The fourth-order valence-corrected chi connectivity index (χ4v) is 2.53. The first kappa shape index (κ1) is 20.5. The molecule has 0 aliphatic rings. The van der Waals surface area contributed by atoms with Crippen molar-refractivity contribution >= 4 is 5.91 Å². The number of rotatable bonds is 7. The minimum atomic E-state index is -4.68. The number of halogens is 3. The van der Waals surface area contributed by atoms with Crippen LogP contribution in [0, 0.1) is 6.92 Å². The largest absolute Gasteiger partial charge is 0.471 e. The maximum atomic E-state index is 12.6. The fraction of sp³-hybridized carbons (Fsp3) is 0.333. The molecule has 0 saturated carbocycles. The summed E-state index contributed by atoms with van der Waals surface area (Å²) >= 11 is 0. The second kappa shape index (κ2) is 8.43. The zero-order chi connectivity index (χ0) is 21.0. The van der Waals surface area contributed by atoms with Gasteiger partial charge in [0.05, 0.1) is 13.2 Å². The summed E-state index contributed by atoms with van der Waals surface area (Å²) in [6, 6.07) is 8.31. The lowest BCUT2D eigenvalue weighted by Gasteiger charge is -2.05. The van der Waals surface area contributed by atoms with Crippen LogP contribution in [-0.2, 0) is 17.5 Å². The average Bonchev–Trinajstić information content (AvgIpc) is 3.30. The SMILES string of the molecule is COCCNC(=O)c1cc(C)n(Cc2ccc(-c3noc(C(F)(F)F)n3)cc2)n1. The molecule has 0 fully saturated rings. The molecule has 0 atom stereocenters. The van der Waals surface area contributed by atoms with Gasteiger partial charge in [-0.3, -0.25) is 9.48 Å². The molecule has 0 spiro atoms. The van der Waals surface area contributed by atoms with E-state index in [1.54, 1.807) is 42.1 Å². The lowest BCUT2D eigenvalue weighted by molar-refractivity contribution is -0.159. The van der Waals surface area contributed by atoms with Crippen molar-refractivity contribution < 1.29 is 27.2 Å². The van der Waals surface area contributed by atoms with Crippen LogP contribution < -0.4 is 5.32 Å². The van der Waals surface area contributed by atoms with Crippen molar-refractivity contribution in [2.24, 2.45) is 0 Å². The van der Waals surface area contributed by atoms with E-state index >= 15 is 0 Å². The number of aromatic nitrogens is 4. The van der Waals surface area contributed by atoms with E-state index in [1.807, 2.05) is 6.92 Å².